The Balaban J connectivity index is 1.73. The number of anilines is 2. The summed E-state index contributed by atoms with van der Waals surface area (Å²) in [5.74, 6) is 0.0993. The number of para-hydroxylation sites is 2. The molecule has 2 unspecified atom stereocenters. The molecule has 2 aromatic carbocycles. The standard InChI is InChI=1S/C17H16N2O/c20-16-12-11-15(18-13-7-3-1-4-8-13)17(16)19-14-9-5-2-6-10-14/h1-12,15,17-19H. The maximum atomic E-state index is 12.0. The van der Waals surface area contributed by atoms with Crippen molar-refractivity contribution in [3.63, 3.8) is 0 Å². The van der Waals surface area contributed by atoms with Gasteiger partial charge in [-0.3, -0.25) is 4.79 Å². The maximum absolute atomic E-state index is 12.0. The highest BCUT2D eigenvalue weighted by atomic mass is 16.1. The van der Waals surface area contributed by atoms with E-state index in [1.54, 1.807) is 6.08 Å². The third-order valence-corrected chi connectivity index (χ3v) is 3.34. The summed E-state index contributed by atoms with van der Waals surface area (Å²) in [6.07, 6.45) is 3.55. The number of hydrogen-bond donors (Lipinski definition) is 2. The molecule has 0 aliphatic heterocycles. The number of nitrogens with one attached hydrogen (secondary N) is 2. The van der Waals surface area contributed by atoms with Crippen molar-refractivity contribution in [1.29, 1.82) is 0 Å². The summed E-state index contributed by atoms with van der Waals surface area (Å²) in [5.41, 5.74) is 1.96. The van der Waals surface area contributed by atoms with Crippen LogP contribution in [0, 0.1) is 0 Å². The number of ketones is 1. The molecule has 0 spiro atoms. The van der Waals surface area contributed by atoms with E-state index >= 15 is 0 Å². The second-order valence-electron chi connectivity index (χ2n) is 4.79. The Labute approximate surface area is 118 Å². The van der Waals surface area contributed by atoms with Crippen LogP contribution in [0.2, 0.25) is 0 Å². The van der Waals surface area contributed by atoms with Crippen molar-refractivity contribution in [2.24, 2.45) is 0 Å². The highest BCUT2D eigenvalue weighted by molar-refractivity contribution is 6.00. The van der Waals surface area contributed by atoms with E-state index < -0.39 is 0 Å². The third-order valence-electron chi connectivity index (χ3n) is 3.34. The second-order valence-corrected chi connectivity index (χ2v) is 4.79. The topological polar surface area (TPSA) is 41.1 Å². The van der Waals surface area contributed by atoms with Gasteiger partial charge in [0.2, 0.25) is 0 Å². The fraction of sp³-hybridized carbons (Fsp3) is 0.118. The number of carbonyl (C=O) groups excluding carboxylic acids is 1. The zero-order valence-electron chi connectivity index (χ0n) is 11.0. The van der Waals surface area contributed by atoms with Gasteiger partial charge in [0.25, 0.3) is 0 Å². The molecule has 2 atom stereocenters. The molecule has 1 aliphatic carbocycles. The van der Waals surface area contributed by atoms with Crippen molar-refractivity contribution in [2.75, 3.05) is 10.6 Å². The van der Waals surface area contributed by atoms with Gasteiger partial charge in [0.15, 0.2) is 5.78 Å². The van der Waals surface area contributed by atoms with E-state index in [0.29, 0.717) is 0 Å². The summed E-state index contributed by atoms with van der Waals surface area (Å²) in [7, 11) is 0. The van der Waals surface area contributed by atoms with Crippen LogP contribution in [0.3, 0.4) is 0 Å². The van der Waals surface area contributed by atoms with E-state index in [1.165, 1.54) is 0 Å². The molecule has 100 valence electrons. The van der Waals surface area contributed by atoms with Crippen LogP contribution in [-0.4, -0.2) is 17.9 Å². The fourth-order valence-electron chi connectivity index (χ4n) is 2.32. The van der Waals surface area contributed by atoms with Gasteiger partial charge in [-0.05, 0) is 30.3 Å². The highest BCUT2D eigenvalue weighted by Gasteiger charge is 2.29. The van der Waals surface area contributed by atoms with Gasteiger partial charge in [-0.1, -0.05) is 42.5 Å². The van der Waals surface area contributed by atoms with Gasteiger partial charge in [-0.25, -0.2) is 0 Å². The zero-order valence-corrected chi connectivity index (χ0v) is 11.0. The Hall–Kier alpha value is -2.55. The molecule has 0 saturated heterocycles. The van der Waals surface area contributed by atoms with Crippen LogP contribution in [0.4, 0.5) is 11.4 Å². The number of hydrogen-bond acceptors (Lipinski definition) is 3. The van der Waals surface area contributed by atoms with Crippen molar-refractivity contribution in [3.05, 3.63) is 72.8 Å². The number of benzene rings is 2. The van der Waals surface area contributed by atoms with E-state index in [0.717, 1.165) is 11.4 Å². The lowest BCUT2D eigenvalue weighted by Gasteiger charge is -2.22. The first-order chi connectivity index (χ1) is 9.83. The van der Waals surface area contributed by atoms with Crippen LogP contribution in [0.15, 0.2) is 72.8 Å². The van der Waals surface area contributed by atoms with E-state index in [4.69, 9.17) is 0 Å². The molecule has 0 heterocycles. The Bertz CT molecular complexity index is 607. The van der Waals surface area contributed by atoms with E-state index in [-0.39, 0.29) is 17.9 Å². The van der Waals surface area contributed by atoms with Gasteiger partial charge in [-0.2, -0.15) is 0 Å². The van der Waals surface area contributed by atoms with Crippen LogP contribution < -0.4 is 10.6 Å². The van der Waals surface area contributed by atoms with Gasteiger partial charge in [0.1, 0.15) is 6.04 Å². The second kappa shape index (κ2) is 5.61. The lowest BCUT2D eigenvalue weighted by atomic mass is 10.1. The molecule has 0 bridgehead atoms. The van der Waals surface area contributed by atoms with Crippen molar-refractivity contribution < 1.29 is 4.79 Å². The van der Waals surface area contributed by atoms with E-state index in [1.807, 2.05) is 66.7 Å². The monoisotopic (exact) mass is 264 g/mol. The minimum absolute atomic E-state index is 0.0369. The highest BCUT2D eigenvalue weighted by Crippen LogP contribution is 2.19. The van der Waals surface area contributed by atoms with Gasteiger partial charge < -0.3 is 10.6 Å². The summed E-state index contributed by atoms with van der Waals surface area (Å²) in [5, 5.41) is 6.66. The molecule has 3 heteroatoms. The predicted octanol–water partition coefficient (Wildman–Crippen LogP) is 3.09. The van der Waals surface area contributed by atoms with Crippen molar-refractivity contribution in [2.45, 2.75) is 12.1 Å². The molecule has 2 aromatic rings. The molecular weight excluding hydrogens is 248 g/mol. The SMILES string of the molecule is O=C1C=CC(Nc2ccccc2)C1Nc1ccccc1. The van der Waals surface area contributed by atoms with Crippen LogP contribution in [0.1, 0.15) is 0 Å². The average Bonchev–Trinajstić information content (AvgIpc) is 2.83. The Kier molecular flexibility index (Phi) is 3.50. The molecule has 0 saturated carbocycles. The Morgan fingerprint density at radius 1 is 0.750 bits per heavy atom. The minimum atomic E-state index is -0.266. The predicted molar refractivity (Wildman–Crippen MR) is 81.9 cm³/mol. The van der Waals surface area contributed by atoms with Crippen LogP contribution in [-0.2, 0) is 4.79 Å². The summed E-state index contributed by atoms with van der Waals surface area (Å²) < 4.78 is 0. The van der Waals surface area contributed by atoms with Gasteiger partial charge >= 0.3 is 0 Å². The fourth-order valence-corrected chi connectivity index (χ4v) is 2.32. The molecule has 3 rings (SSSR count). The molecule has 20 heavy (non-hydrogen) atoms. The number of carbonyl (C=O) groups is 1. The lowest BCUT2D eigenvalue weighted by Crippen LogP contribution is -2.39. The smallest absolute Gasteiger partial charge is 0.180 e. The summed E-state index contributed by atoms with van der Waals surface area (Å²) in [6, 6.07) is 19.4. The van der Waals surface area contributed by atoms with Crippen molar-refractivity contribution in [3.8, 4) is 0 Å². The molecule has 1 aliphatic rings. The Morgan fingerprint density at radius 3 is 1.90 bits per heavy atom. The van der Waals surface area contributed by atoms with E-state index in [9.17, 15) is 4.79 Å². The normalized spacial score (nSPS) is 20.9. The Morgan fingerprint density at radius 2 is 1.30 bits per heavy atom. The van der Waals surface area contributed by atoms with Crippen LogP contribution in [0.5, 0.6) is 0 Å². The summed E-state index contributed by atoms with van der Waals surface area (Å²) >= 11 is 0. The zero-order chi connectivity index (χ0) is 13.8. The largest absolute Gasteiger partial charge is 0.376 e. The van der Waals surface area contributed by atoms with Gasteiger partial charge in [-0.15, -0.1) is 0 Å². The molecule has 0 fully saturated rings. The van der Waals surface area contributed by atoms with Crippen molar-refractivity contribution >= 4 is 17.2 Å². The van der Waals surface area contributed by atoms with Gasteiger partial charge in [0, 0.05) is 11.4 Å². The number of rotatable bonds is 4. The summed E-state index contributed by atoms with van der Waals surface area (Å²) in [6.45, 7) is 0. The molecule has 3 nitrogen and oxygen atoms in total. The molecular formula is C17H16N2O. The molecule has 0 radical (unpaired) electrons. The quantitative estimate of drug-likeness (QED) is 0.891. The van der Waals surface area contributed by atoms with Crippen LogP contribution >= 0.6 is 0 Å². The molecule has 0 aromatic heterocycles. The third kappa shape index (κ3) is 2.72. The van der Waals surface area contributed by atoms with Gasteiger partial charge in [0.05, 0.1) is 6.04 Å². The van der Waals surface area contributed by atoms with E-state index in [2.05, 4.69) is 10.6 Å². The first-order valence-electron chi connectivity index (χ1n) is 6.68. The van der Waals surface area contributed by atoms with Crippen molar-refractivity contribution in [1.82, 2.24) is 0 Å². The molecule has 2 N–H and O–H groups in total. The first kappa shape index (κ1) is 12.5. The average molecular weight is 264 g/mol. The summed E-state index contributed by atoms with van der Waals surface area (Å²) in [4.78, 5) is 12.0. The van der Waals surface area contributed by atoms with Crippen LogP contribution in [0.25, 0.3) is 0 Å². The first-order valence-corrected chi connectivity index (χ1v) is 6.68. The lowest BCUT2D eigenvalue weighted by molar-refractivity contribution is -0.114. The minimum Gasteiger partial charge on any atom is -0.376 e. The maximum Gasteiger partial charge on any atom is 0.180 e. The molecule has 0 amide bonds.